The number of nitrogens with one attached hydrogen (secondary N) is 1. The van der Waals surface area contributed by atoms with Gasteiger partial charge in [-0.1, -0.05) is 13.8 Å². The molecule has 0 aromatic heterocycles. The normalized spacial score (nSPS) is 14.1. The van der Waals surface area contributed by atoms with E-state index in [-0.39, 0.29) is 0 Å². The summed E-state index contributed by atoms with van der Waals surface area (Å²) >= 11 is 0. The average Bonchev–Trinajstić information content (AvgIpc) is 1.87. The summed E-state index contributed by atoms with van der Waals surface area (Å²) in [5.74, 6) is 0.400. The maximum Gasteiger partial charge on any atom is 0.0130 e. The van der Waals surface area contributed by atoms with Crippen LogP contribution in [-0.2, 0) is 0 Å². The molecule has 11 heavy (non-hydrogen) atoms. The van der Waals surface area contributed by atoms with Gasteiger partial charge in [-0.3, -0.25) is 0 Å². The molecular formula is C9H20N2. The molecule has 0 aliphatic rings. The fourth-order valence-corrected chi connectivity index (χ4v) is 0.737. The van der Waals surface area contributed by atoms with E-state index in [0.717, 1.165) is 12.1 Å². The molecule has 0 saturated heterocycles. The molecule has 0 heterocycles. The summed E-state index contributed by atoms with van der Waals surface area (Å²) in [6, 6.07) is 0.491. The standard InChI is InChI=1S/C9H20N2/c1-7(2)9(10)6-8(3)11(4)5/h7-8,10H,6H2,1-5H3. The monoisotopic (exact) mass is 156 g/mol. The summed E-state index contributed by atoms with van der Waals surface area (Å²) in [4.78, 5) is 2.15. The molecule has 1 atom stereocenters. The molecule has 0 aromatic rings. The summed E-state index contributed by atoms with van der Waals surface area (Å²) in [6.07, 6.45) is 0.894. The second-order valence-electron chi connectivity index (χ2n) is 3.70. The van der Waals surface area contributed by atoms with E-state index in [1.165, 1.54) is 0 Å². The smallest absolute Gasteiger partial charge is 0.0130 e. The highest BCUT2D eigenvalue weighted by Crippen LogP contribution is 2.05. The minimum Gasteiger partial charge on any atom is -0.309 e. The zero-order chi connectivity index (χ0) is 9.02. The van der Waals surface area contributed by atoms with E-state index in [2.05, 4.69) is 39.8 Å². The lowest BCUT2D eigenvalue weighted by atomic mass is 10.0. The van der Waals surface area contributed by atoms with Crippen molar-refractivity contribution >= 4 is 5.71 Å². The molecule has 1 unspecified atom stereocenters. The summed E-state index contributed by atoms with van der Waals surface area (Å²) in [7, 11) is 4.11. The van der Waals surface area contributed by atoms with Gasteiger partial charge in [0, 0.05) is 18.2 Å². The van der Waals surface area contributed by atoms with Gasteiger partial charge >= 0.3 is 0 Å². The van der Waals surface area contributed by atoms with Crippen LogP contribution in [0.3, 0.4) is 0 Å². The topological polar surface area (TPSA) is 27.1 Å². The van der Waals surface area contributed by atoms with Crippen molar-refractivity contribution in [3.05, 3.63) is 0 Å². The lowest BCUT2D eigenvalue weighted by Gasteiger charge is -2.20. The van der Waals surface area contributed by atoms with Gasteiger partial charge in [-0.2, -0.15) is 0 Å². The zero-order valence-electron chi connectivity index (χ0n) is 8.31. The Labute approximate surface area is 70.1 Å². The lowest BCUT2D eigenvalue weighted by molar-refractivity contribution is 0.319. The molecule has 0 saturated carbocycles. The molecule has 0 rings (SSSR count). The van der Waals surface area contributed by atoms with Crippen molar-refractivity contribution in [2.24, 2.45) is 5.92 Å². The molecule has 2 heteroatoms. The van der Waals surface area contributed by atoms with Crippen molar-refractivity contribution in [1.29, 1.82) is 5.41 Å². The third-order valence-corrected chi connectivity index (χ3v) is 2.09. The molecule has 2 nitrogen and oxygen atoms in total. The maximum absolute atomic E-state index is 7.64. The SMILES string of the molecule is CC(C)C(=N)CC(C)N(C)C. The number of hydrogen-bond donors (Lipinski definition) is 1. The largest absolute Gasteiger partial charge is 0.309 e. The average molecular weight is 156 g/mol. The van der Waals surface area contributed by atoms with Crippen molar-refractivity contribution in [2.45, 2.75) is 33.2 Å². The molecule has 0 spiro atoms. The third-order valence-electron chi connectivity index (χ3n) is 2.09. The van der Waals surface area contributed by atoms with Crippen LogP contribution in [0.2, 0.25) is 0 Å². The highest BCUT2D eigenvalue weighted by Gasteiger charge is 2.09. The zero-order valence-corrected chi connectivity index (χ0v) is 8.31. The maximum atomic E-state index is 7.64. The van der Waals surface area contributed by atoms with Crippen LogP contribution in [0.15, 0.2) is 0 Å². The second kappa shape index (κ2) is 4.50. The first kappa shape index (κ1) is 10.6. The van der Waals surface area contributed by atoms with E-state index in [0.29, 0.717) is 12.0 Å². The quantitative estimate of drug-likeness (QED) is 0.619. The Morgan fingerprint density at radius 2 is 1.73 bits per heavy atom. The Balaban J connectivity index is 3.76. The first-order valence-electron chi connectivity index (χ1n) is 4.19. The van der Waals surface area contributed by atoms with Gasteiger partial charge in [0.2, 0.25) is 0 Å². The third kappa shape index (κ3) is 4.14. The molecule has 0 radical (unpaired) electrons. The fraction of sp³-hybridized carbons (Fsp3) is 0.889. The molecule has 0 amide bonds. The van der Waals surface area contributed by atoms with Crippen LogP contribution in [0.5, 0.6) is 0 Å². The minimum atomic E-state index is 0.400. The van der Waals surface area contributed by atoms with E-state index in [1.54, 1.807) is 0 Å². The van der Waals surface area contributed by atoms with Crippen molar-refractivity contribution in [3.8, 4) is 0 Å². The first-order chi connectivity index (χ1) is 4.95. The van der Waals surface area contributed by atoms with Gasteiger partial charge < -0.3 is 10.3 Å². The Bertz CT molecular complexity index is 128. The molecule has 66 valence electrons. The van der Waals surface area contributed by atoms with Crippen LogP contribution in [0.25, 0.3) is 0 Å². The summed E-state index contributed by atoms with van der Waals surface area (Å²) in [6.45, 7) is 6.30. The fourth-order valence-electron chi connectivity index (χ4n) is 0.737. The van der Waals surface area contributed by atoms with Gasteiger partial charge in [0.05, 0.1) is 0 Å². The van der Waals surface area contributed by atoms with Crippen LogP contribution in [0, 0.1) is 11.3 Å². The van der Waals surface area contributed by atoms with Crippen molar-refractivity contribution in [1.82, 2.24) is 4.90 Å². The van der Waals surface area contributed by atoms with Crippen LogP contribution >= 0.6 is 0 Å². The predicted molar refractivity (Wildman–Crippen MR) is 50.3 cm³/mol. The number of rotatable bonds is 4. The Morgan fingerprint density at radius 3 is 2.00 bits per heavy atom. The molecule has 0 aliphatic carbocycles. The Morgan fingerprint density at radius 1 is 1.27 bits per heavy atom. The van der Waals surface area contributed by atoms with E-state index in [1.807, 2.05) is 0 Å². The van der Waals surface area contributed by atoms with Crippen molar-refractivity contribution < 1.29 is 0 Å². The first-order valence-corrected chi connectivity index (χ1v) is 4.19. The summed E-state index contributed by atoms with van der Waals surface area (Å²) in [5.41, 5.74) is 0.853. The molecule has 0 aliphatic heterocycles. The van der Waals surface area contributed by atoms with Crippen molar-refractivity contribution in [2.75, 3.05) is 14.1 Å². The molecular weight excluding hydrogens is 136 g/mol. The van der Waals surface area contributed by atoms with Gasteiger partial charge in [-0.15, -0.1) is 0 Å². The molecule has 0 fully saturated rings. The molecule has 0 bridgehead atoms. The Hall–Kier alpha value is -0.370. The minimum absolute atomic E-state index is 0.400. The van der Waals surface area contributed by atoms with Gasteiger partial charge in [-0.05, 0) is 26.9 Å². The van der Waals surface area contributed by atoms with Gasteiger partial charge in [-0.25, -0.2) is 0 Å². The van der Waals surface area contributed by atoms with Gasteiger partial charge in [0.15, 0.2) is 0 Å². The lowest BCUT2D eigenvalue weighted by Crippen LogP contribution is -2.28. The van der Waals surface area contributed by atoms with Crippen molar-refractivity contribution in [3.63, 3.8) is 0 Å². The van der Waals surface area contributed by atoms with Crippen LogP contribution in [-0.4, -0.2) is 30.7 Å². The highest BCUT2D eigenvalue weighted by molar-refractivity contribution is 5.83. The van der Waals surface area contributed by atoms with E-state index in [4.69, 9.17) is 5.41 Å². The number of nitrogens with zero attached hydrogens (tertiary/aromatic N) is 1. The highest BCUT2D eigenvalue weighted by atomic mass is 15.1. The van der Waals surface area contributed by atoms with Gasteiger partial charge in [0.1, 0.15) is 0 Å². The summed E-state index contributed by atoms with van der Waals surface area (Å²) < 4.78 is 0. The Kier molecular flexibility index (Phi) is 4.34. The van der Waals surface area contributed by atoms with Gasteiger partial charge in [0.25, 0.3) is 0 Å². The van der Waals surface area contributed by atoms with Crippen LogP contribution in [0.1, 0.15) is 27.2 Å². The molecule has 0 aromatic carbocycles. The predicted octanol–water partition coefficient (Wildman–Crippen LogP) is 2.00. The number of hydrogen-bond acceptors (Lipinski definition) is 2. The van der Waals surface area contributed by atoms with E-state index >= 15 is 0 Å². The van der Waals surface area contributed by atoms with E-state index < -0.39 is 0 Å². The van der Waals surface area contributed by atoms with Crippen LogP contribution in [0.4, 0.5) is 0 Å². The second-order valence-corrected chi connectivity index (χ2v) is 3.70. The summed E-state index contributed by atoms with van der Waals surface area (Å²) in [5, 5.41) is 7.64. The molecule has 1 N–H and O–H groups in total. The van der Waals surface area contributed by atoms with Crippen LogP contribution < -0.4 is 0 Å². The van der Waals surface area contributed by atoms with E-state index in [9.17, 15) is 0 Å².